The molecule has 1 aromatic carbocycles. The molecule has 186 valence electrons. The van der Waals surface area contributed by atoms with Crippen LogP contribution < -0.4 is 5.32 Å². The summed E-state index contributed by atoms with van der Waals surface area (Å²) in [5.41, 5.74) is 0.162. The van der Waals surface area contributed by atoms with Crippen molar-refractivity contribution in [3.63, 3.8) is 0 Å². The molecule has 0 amide bonds. The van der Waals surface area contributed by atoms with Crippen LogP contribution in [0.5, 0.6) is 0 Å². The lowest BCUT2D eigenvalue weighted by molar-refractivity contribution is -0.190. The van der Waals surface area contributed by atoms with Crippen LogP contribution in [0, 0.1) is 16.7 Å². The summed E-state index contributed by atoms with van der Waals surface area (Å²) < 4.78 is 11.4. The van der Waals surface area contributed by atoms with Gasteiger partial charge in [0.2, 0.25) is 0 Å². The van der Waals surface area contributed by atoms with Gasteiger partial charge in [0.1, 0.15) is 11.4 Å². The fourth-order valence-electron chi connectivity index (χ4n) is 6.32. The fourth-order valence-corrected chi connectivity index (χ4v) is 6.32. The maximum Gasteiger partial charge on any atom is 0.310 e. The number of hydrogen-bond donors (Lipinski definition) is 2. The Labute approximate surface area is 204 Å². The molecule has 2 aliphatic carbocycles. The van der Waals surface area contributed by atoms with Crippen molar-refractivity contribution in [2.45, 2.75) is 97.4 Å². The van der Waals surface area contributed by atoms with Gasteiger partial charge in [-0.25, -0.2) is 0 Å². The van der Waals surface area contributed by atoms with Crippen molar-refractivity contribution in [3.8, 4) is 0 Å². The van der Waals surface area contributed by atoms with Crippen molar-refractivity contribution in [3.05, 3.63) is 59.5 Å². The number of fused-ring (bicyclic) bond motifs is 2. The summed E-state index contributed by atoms with van der Waals surface area (Å²) in [4.78, 5) is 13.5. The van der Waals surface area contributed by atoms with E-state index in [4.69, 9.17) is 9.15 Å². The number of carbonyl (C=O) groups is 1. The highest BCUT2D eigenvalue weighted by atomic mass is 16.6. The average molecular weight is 468 g/mol. The predicted molar refractivity (Wildman–Crippen MR) is 133 cm³/mol. The number of ether oxygens (including phenoxy) is 1. The van der Waals surface area contributed by atoms with E-state index < -0.39 is 11.2 Å². The first-order valence-corrected chi connectivity index (χ1v) is 12.5. The quantitative estimate of drug-likeness (QED) is 0.484. The normalized spacial score (nSPS) is 28.3. The van der Waals surface area contributed by atoms with Crippen molar-refractivity contribution < 1.29 is 19.1 Å². The molecule has 1 heterocycles. The minimum absolute atomic E-state index is 0.0667. The van der Waals surface area contributed by atoms with E-state index in [2.05, 4.69) is 50.4 Å². The van der Waals surface area contributed by atoms with Gasteiger partial charge in [-0.15, -0.1) is 0 Å². The molecule has 2 N–H and O–H groups in total. The lowest BCUT2D eigenvalue weighted by Gasteiger charge is -2.43. The van der Waals surface area contributed by atoms with E-state index in [1.807, 2.05) is 12.1 Å². The third kappa shape index (κ3) is 3.81. The Morgan fingerprint density at radius 1 is 1.12 bits per heavy atom. The largest absolute Gasteiger partial charge is 0.468 e. The summed E-state index contributed by atoms with van der Waals surface area (Å²) in [6.07, 6.45) is 4.53. The average Bonchev–Trinajstić information content (AvgIpc) is 3.37. The van der Waals surface area contributed by atoms with Gasteiger partial charge in [-0.05, 0) is 81.0 Å². The van der Waals surface area contributed by atoms with E-state index in [9.17, 15) is 9.90 Å². The summed E-state index contributed by atoms with van der Waals surface area (Å²) in [5.74, 6) is 0.549. The van der Waals surface area contributed by atoms with Gasteiger partial charge in [0.15, 0.2) is 0 Å². The molecule has 5 heteroatoms. The topological polar surface area (TPSA) is 71.7 Å². The van der Waals surface area contributed by atoms with Crippen molar-refractivity contribution in [2.75, 3.05) is 0 Å². The minimum Gasteiger partial charge on any atom is -0.468 e. The molecule has 0 radical (unpaired) electrons. The van der Waals surface area contributed by atoms with Gasteiger partial charge in [-0.1, -0.05) is 45.0 Å². The molecule has 2 aliphatic rings. The highest BCUT2D eigenvalue weighted by Gasteiger charge is 2.71. The van der Waals surface area contributed by atoms with Gasteiger partial charge in [0.25, 0.3) is 0 Å². The Balaban J connectivity index is 1.57. The number of rotatable bonds is 8. The second-order valence-corrected chi connectivity index (χ2v) is 12.3. The van der Waals surface area contributed by atoms with E-state index in [1.54, 1.807) is 34.0 Å². The molecule has 2 aromatic rings. The number of esters is 1. The zero-order valence-corrected chi connectivity index (χ0v) is 21.8. The second-order valence-electron chi connectivity index (χ2n) is 12.3. The smallest absolute Gasteiger partial charge is 0.310 e. The summed E-state index contributed by atoms with van der Waals surface area (Å²) in [5, 5.41) is 14.0. The summed E-state index contributed by atoms with van der Waals surface area (Å²) >= 11 is 0. The number of hydrogen-bond acceptors (Lipinski definition) is 5. The van der Waals surface area contributed by atoms with Crippen LogP contribution in [-0.2, 0) is 28.0 Å². The molecule has 5 nitrogen and oxygen atoms in total. The Hall–Kier alpha value is -2.11. The molecule has 2 saturated carbocycles. The number of aliphatic hydroxyl groups is 1. The Morgan fingerprint density at radius 2 is 1.85 bits per heavy atom. The molecule has 4 rings (SSSR count). The lowest BCUT2D eigenvalue weighted by Crippen LogP contribution is -2.50. The maximum atomic E-state index is 13.5. The molecule has 34 heavy (non-hydrogen) atoms. The van der Waals surface area contributed by atoms with Crippen LogP contribution in [0.2, 0.25) is 0 Å². The first-order valence-electron chi connectivity index (χ1n) is 12.5. The van der Waals surface area contributed by atoms with Crippen molar-refractivity contribution in [1.29, 1.82) is 0 Å². The number of carbonyl (C=O) groups excluding carboxylic acids is 1. The SMILES string of the molecule is CC(C)(O)C(C)(C)OC(=O)C1CC2(c3cccc(CNCc4ccco4)c3)CCC1(C)C2(C)C. The Bertz CT molecular complexity index is 1030. The van der Waals surface area contributed by atoms with E-state index in [0.29, 0.717) is 6.54 Å². The second kappa shape index (κ2) is 8.23. The fraction of sp³-hybridized carbons (Fsp3) is 0.621. The first kappa shape index (κ1) is 25.0. The molecule has 3 unspecified atom stereocenters. The Morgan fingerprint density at radius 3 is 2.50 bits per heavy atom. The van der Waals surface area contributed by atoms with Crippen LogP contribution in [0.15, 0.2) is 47.1 Å². The van der Waals surface area contributed by atoms with E-state index >= 15 is 0 Å². The number of benzene rings is 1. The molecule has 2 fully saturated rings. The van der Waals surface area contributed by atoms with Crippen LogP contribution in [0.3, 0.4) is 0 Å². The third-order valence-electron chi connectivity index (χ3n) is 9.82. The van der Waals surface area contributed by atoms with Crippen LogP contribution in [0.4, 0.5) is 0 Å². The van der Waals surface area contributed by atoms with E-state index in [0.717, 1.165) is 31.6 Å². The summed E-state index contributed by atoms with van der Waals surface area (Å²) in [6.45, 7) is 15.3. The van der Waals surface area contributed by atoms with Crippen molar-refractivity contribution in [2.24, 2.45) is 16.7 Å². The molecule has 0 saturated heterocycles. The highest BCUT2D eigenvalue weighted by Crippen LogP contribution is 2.74. The highest BCUT2D eigenvalue weighted by molar-refractivity contribution is 5.76. The monoisotopic (exact) mass is 467 g/mol. The van der Waals surface area contributed by atoms with Crippen LogP contribution in [-0.4, -0.2) is 22.3 Å². The molecule has 0 spiro atoms. The zero-order chi connectivity index (χ0) is 25.0. The number of nitrogens with one attached hydrogen (secondary N) is 1. The minimum atomic E-state index is -1.12. The lowest BCUT2D eigenvalue weighted by atomic mass is 9.62. The van der Waals surface area contributed by atoms with Gasteiger partial charge in [0.05, 0.1) is 24.3 Å². The first-order chi connectivity index (χ1) is 15.7. The van der Waals surface area contributed by atoms with E-state index in [1.165, 1.54) is 11.1 Å². The van der Waals surface area contributed by atoms with Crippen molar-refractivity contribution >= 4 is 5.97 Å². The van der Waals surface area contributed by atoms with Crippen LogP contribution in [0.25, 0.3) is 0 Å². The van der Waals surface area contributed by atoms with Gasteiger partial charge < -0.3 is 19.6 Å². The van der Waals surface area contributed by atoms with Crippen LogP contribution >= 0.6 is 0 Å². The summed E-state index contributed by atoms with van der Waals surface area (Å²) in [7, 11) is 0. The molecule has 2 bridgehead atoms. The van der Waals surface area contributed by atoms with Crippen LogP contribution in [0.1, 0.15) is 84.6 Å². The zero-order valence-electron chi connectivity index (χ0n) is 21.8. The molecule has 1 aromatic heterocycles. The van der Waals surface area contributed by atoms with Gasteiger partial charge in [0, 0.05) is 12.0 Å². The predicted octanol–water partition coefficient (Wildman–Crippen LogP) is 5.75. The van der Waals surface area contributed by atoms with Gasteiger partial charge >= 0.3 is 5.97 Å². The Kier molecular flexibility index (Phi) is 6.05. The molecule has 0 aliphatic heterocycles. The van der Waals surface area contributed by atoms with E-state index in [-0.39, 0.29) is 28.1 Å². The van der Waals surface area contributed by atoms with Gasteiger partial charge in [-0.3, -0.25) is 4.79 Å². The maximum absolute atomic E-state index is 13.5. The number of furan rings is 1. The molecular weight excluding hydrogens is 426 g/mol. The van der Waals surface area contributed by atoms with Crippen molar-refractivity contribution in [1.82, 2.24) is 5.32 Å². The summed E-state index contributed by atoms with van der Waals surface area (Å²) in [6, 6.07) is 12.7. The van der Waals surface area contributed by atoms with Gasteiger partial charge in [-0.2, -0.15) is 0 Å². The molecular formula is C29H41NO4. The standard InChI is InChI=1S/C29H41NO4/c1-25(2)28(7)13-14-29(25,17-23(28)24(31)34-27(5,6)26(3,4)32)21-11-8-10-20(16-21)18-30-19-22-12-9-15-33-22/h8-12,15-16,23,30,32H,13-14,17-19H2,1-7H3. The third-order valence-corrected chi connectivity index (χ3v) is 9.82. The molecule has 3 atom stereocenters.